The minimum atomic E-state index is 0.609. The van der Waals surface area contributed by atoms with E-state index in [2.05, 4.69) is 53.9 Å². The van der Waals surface area contributed by atoms with Gasteiger partial charge in [0.15, 0.2) is 0 Å². The van der Waals surface area contributed by atoms with Crippen molar-refractivity contribution in [2.75, 3.05) is 25.6 Å². The summed E-state index contributed by atoms with van der Waals surface area (Å²) in [6, 6.07) is 7.79. The van der Waals surface area contributed by atoms with E-state index in [4.69, 9.17) is 9.72 Å². The fraction of sp³-hybridized carbons (Fsp3) is 0.500. The van der Waals surface area contributed by atoms with Gasteiger partial charge in [-0.15, -0.1) is 11.3 Å². The van der Waals surface area contributed by atoms with Gasteiger partial charge in [0.1, 0.15) is 0 Å². The highest BCUT2D eigenvalue weighted by atomic mass is 32.1. The number of hydrogen-bond acceptors (Lipinski definition) is 6. The number of anilines is 1. The Labute approximate surface area is 159 Å². The molecule has 1 saturated carbocycles. The Morgan fingerprint density at radius 1 is 1.31 bits per heavy atom. The smallest absolute Gasteiger partial charge is 0.212 e. The van der Waals surface area contributed by atoms with Crippen molar-refractivity contribution in [1.29, 1.82) is 0 Å². The number of benzene rings is 1. The number of ether oxygens (including phenoxy) is 1. The first-order valence-corrected chi connectivity index (χ1v) is 10.0. The van der Waals surface area contributed by atoms with E-state index in [9.17, 15) is 0 Å². The van der Waals surface area contributed by atoms with Crippen LogP contribution < -0.4 is 4.90 Å². The summed E-state index contributed by atoms with van der Waals surface area (Å²) in [6.07, 6.45) is 6.28. The van der Waals surface area contributed by atoms with Crippen LogP contribution in [0.5, 0.6) is 0 Å². The second-order valence-corrected chi connectivity index (χ2v) is 8.49. The third-order valence-corrected chi connectivity index (χ3v) is 6.75. The Morgan fingerprint density at radius 3 is 2.77 bits per heavy atom. The van der Waals surface area contributed by atoms with E-state index in [1.807, 2.05) is 23.8 Å². The van der Waals surface area contributed by atoms with Crippen molar-refractivity contribution in [3.63, 3.8) is 0 Å². The average Bonchev–Trinajstić information content (AvgIpc) is 3.02. The molecule has 0 unspecified atom stereocenters. The van der Waals surface area contributed by atoms with Gasteiger partial charge in [0, 0.05) is 30.2 Å². The zero-order chi connectivity index (χ0) is 18.3. The van der Waals surface area contributed by atoms with Crippen LogP contribution in [0.2, 0.25) is 0 Å². The van der Waals surface area contributed by atoms with Crippen LogP contribution >= 0.6 is 11.3 Å². The minimum Gasteiger partial charge on any atom is -0.481 e. The van der Waals surface area contributed by atoms with E-state index in [-0.39, 0.29) is 0 Å². The van der Waals surface area contributed by atoms with Crippen LogP contribution in [0.25, 0.3) is 10.2 Å². The summed E-state index contributed by atoms with van der Waals surface area (Å²) in [7, 11) is 3.88. The predicted octanol–water partition coefficient (Wildman–Crippen LogP) is 4.22. The molecule has 4 rings (SSSR count). The molecule has 0 saturated heterocycles. The molecule has 26 heavy (non-hydrogen) atoms. The van der Waals surface area contributed by atoms with Crippen LogP contribution in [0.4, 0.5) is 5.69 Å². The highest BCUT2D eigenvalue weighted by Crippen LogP contribution is 2.43. The molecular weight excluding hydrogens is 344 g/mol. The SMILES string of the molecule is COC1=CCN(c2ccc3nc([C@H]4C[C@H](N(C)C(C)C)C4)sc3c2)C=N1. The number of thiazole rings is 1. The Kier molecular flexibility index (Phi) is 4.71. The molecule has 1 aromatic heterocycles. The molecule has 0 radical (unpaired) electrons. The zero-order valence-corrected chi connectivity index (χ0v) is 16.7. The van der Waals surface area contributed by atoms with Crippen LogP contribution in [0.3, 0.4) is 0 Å². The molecule has 2 aromatic rings. The maximum atomic E-state index is 5.16. The van der Waals surface area contributed by atoms with Gasteiger partial charge in [0.05, 0.1) is 28.7 Å². The molecule has 0 N–H and O–H groups in total. The summed E-state index contributed by atoms with van der Waals surface area (Å²) in [5, 5.41) is 1.29. The fourth-order valence-electron chi connectivity index (χ4n) is 3.54. The van der Waals surface area contributed by atoms with Gasteiger partial charge in [-0.2, -0.15) is 0 Å². The van der Waals surface area contributed by atoms with Crippen molar-refractivity contribution in [3.05, 3.63) is 35.2 Å². The Balaban J connectivity index is 1.47. The largest absolute Gasteiger partial charge is 0.481 e. The maximum absolute atomic E-state index is 5.16. The molecule has 0 amide bonds. The van der Waals surface area contributed by atoms with E-state index < -0.39 is 0 Å². The first-order chi connectivity index (χ1) is 12.5. The maximum Gasteiger partial charge on any atom is 0.212 e. The molecule has 5 nitrogen and oxygen atoms in total. The van der Waals surface area contributed by atoms with Gasteiger partial charge in [-0.3, -0.25) is 0 Å². The van der Waals surface area contributed by atoms with Crippen molar-refractivity contribution in [2.45, 2.75) is 44.7 Å². The van der Waals surface area contributed by atoms with Crippen molar-refractivity contribution >= 4 is 33.6 Å². The van der Waals surface area contributed by atoms with Crippen LogP contribution in [-0.2, 0) is 4.74 Å². The number of hydrogen-bond donors (Lipinski definition) is 0. The molecule has 1 fully saturated rings. The van der Waals surface area contributed by atoms with E-state index in [0.717, 1.165) is 17.7 Å². The van der Waals surface area contributed by atoms with Crippen molar-refractivity contribution in [2.24, 2.45) is 4.99 Å². The number of rotatable bonds is 5. The summed E-state index contributed by atoms with van der Waals surface area (Å²) in [4.78, 5) is 13.8. The van der Waals surface area contributed by atoms with Gasteiger partial charge in [-0.25, -0.2) is 9.98 Å². The molecule has 0 bridgehead atoms. The minimum absolute atomic E-state index is 0.609. The van der Waals surface area contributed by atoms with Gasteiger partial charge >= 0.3 is 0 Å². The Morgan fingerprint density at radius 2 is 2.12 bits per heavy atom. The highest BCUT2D eigenvalue weighted by Gasteiger charge is 2.35. The van der Waals surface area contributed by atoms with Gasteiger partial charge in [-0.05, 0) is 58.0 Å². The molecule has 2 heterocycles. The molecule has 0 atom stereocenters. The number of fused-ring (bicyclic) bond motifs is 1. The predicted molar refractivity (Wildman–Crippen MR) is 109 cm³/mol. The lowest BCUT2D eigenvalue weighted by atomic mass is 9.79. The van der Waals surface area contributed by atoms with Crippen molar-refractivity contribution in [1.82, 2.24) is 9.88 Å². The molecule has 0 spiro atoms. The molecule has 138 valence electrons. The van der Waals surface area contributed by atoms with Gasteiger partial charge in [-0.1, -0.05) is 0 Å². The molecule has 1 aromatic carbocycles. The van der Waals surface area contributed by atoms with Crippen LogP contribution in [0.15, 0.2) is 35.2 Å². The molecule has 6 heteroatoms. The topological polar surface area (TPSA) is 41.0 Å². The summed E-state index contributed by atoms with van der Waals surface area (Å²) in [6.45, 7) is 5.30. The number of aliphatic imine (C=N–C) groups is 1. The van der Waals surface area contributed by atoms with E-state index in [1.54, 1.807) is 7.11 Å². The summed E-state index contributed by atoms with van der Waals surface area (Å²) in [5.74, 6) is 1.29. The molecular formula is C20H26N4OS. The summed E-state index contributed by atoms with van der Waals surface area (Å²) < 4.78 is 6.42. The van der Waals surface area contributed by atoms with Crippen LogP contribution in [0.1, 0.15) is 37.6 Å². The fourth-order valence-corrected chi connectivity index (χ4v) is 4.67. The van der Waals surface area contributed by atoms with Crippen molar-refractivity contribution < 1.29 is 4.74 Å². The van der Waals surface area contributed by atoms with E-state index >= 15 is 0 Å². The second kappa shape index (κ2) is 7.00. The standard InChI is InChI=1S/C20H26N4OS/c1-13(2)23(3)16-9-14(10-16)20-22-17-6-5-15(11-18(17)26-20)24-8-7-19(25-4)21-12-24/h5-7,11-14,16H,8-10H2,1-4H3/t14-,16-. The van der Waals surface area contributed by atoms with Gasteiger partial charge < -0.3 is 14.5 Å². The second-order valence-electron chi connectivity index (χ2n) is 7.43. The quantitative estimate of drug-likeness (QED) is 0.790. The normalized spacial score (nSPS) is 22.8. The number of nitrogens with zero attached hydrogens (tertiary/aromatic N) is 4. The monoisotopic (exact) mass is 370 g/mol. The first-order valence-electron chi connectivity index (χ1n) is 9.22. The Hall–Kier alpha value is -1.92. The molecule has 2 aliphatic rings. The third kappa shape index (κ3) is 3.23. The molecule has 1 aliphatic carbocycles. The van der Waals surface area contributed by atoms with Gasteiger partial charge in [0.25, 0.3) is 0 Å². The lowest BCUT2D eigenvalue weighted by Crippen LogP contribution is -2.44. The summed E-state index contributed by atoms with van der Waals surface area (Å²) in [5.41, 5.74) is 2.25. The first kappa shape index (κ1) is 17.5. The zero-order valence-electron chi connectivity index (χ0n) is 15.8. The third-order valence-electron chi connectivity index (χ3n) is 5.57. The highest BCUT2D eigenvalue weighted by molar-refractivity contribution is 7.18. The van der Waals surface area contributed by atoms with E-state index in [0.29, 0.717) is 23.9 Å². The number of aromatic nitrogens is 1. The van der Waals surface area contributed by atoms with Crippen LogP contribution in [0, 0.1) is 0 Å². The van der Waals surface area contributed by atoms with Crippen molar-refractivity contribution in [3.8, 4) is 0 Å². The summed E-state index contributed by atoms with van der Waals surface area (Å²) >= 11 is 1.85. The lowest BCUT2D eigenvalue weighted by molar-refractivity contribution is 0.108. The Bertz CT molecular complexity index is 851. The van der Waals surface area contributed by atoms with Gasteiger partial charge in [0.2, 0.25) is 5.88 Å². The lowest BCUT2D eigenvalue weighted by Gasteiger charge is -2.42. The van der Waals surface area contributed by atoms with Crippen LogP contribution in [-0.4, -0.2) is 49.0 Å². The average molecular weight is 371 g/mol. The molecule has 1 aliphatic heterocycles. The van der Waals surface area contributed by atoms with E-state index in [1.165, 1.54) is 22.5 Å². The number of methoxy groups -OCH3 is 1.